The van der Waals surface area contributed by atoms with Gasteiger partial charge in [-0.2, -0.15) is 0 Å². The SMILES string of the molecule is C=Cc1ccc(-c2ccc(N(/C(=C\C)[C@H](C)[C@@H](C)C(C)(C=C)[C@@H](C)[C@H](C)N(c3ccccc3)c3ccccc3)c3ccccc3)c(C)c2)cc1. The minimum atomic E-state index is -0.187. The Morgan fingerprint density at radius 3 is 1.60 bits per heavy atom. The van der Waals surface area contributed by atoms with Gasteiger partial charge in [-0.15, -0.1) is 6.58 Å². The van der Waals surface area contributed by atoms with Gasteiger partial charge in [-0.3, -0.25) is 0 Å². The first kappa shape index (κ1) is 36.2. The maximum atomic E-state index is 4.50. The molecule has 1 unspecified atom stereocenters. The van der Waals surface area contributed by atoms with E-state index in [9.17, 15) is 0 Å². The van der Waals surface area contributed by atoms with E-state index in [1.807, 2.05) is 6.08 Å². The van der Waals surface area contributed by atoms with Gasteiger partial charge in [0.05, 0.1) is 0 Å². The van der Waals surface area contributed by atoms with Gasteiger partial charge in [0.15, 0.2) is 0 Å². The molecule has 5 aromatic carbocycles. The summed E-state index contributed by atoms with van der Waals surface area (Å²) in [5.41, 5.74) is 10.6. The molecule has 5 atom stereocenters. The molecule has 0 bridgehead atoms. The van der Waals surface area contributed by atoms with Crippen molar-refractivity contribution in [2.75, 3.05) is 9.80 Å². The van der Waals surface area contributed by atoms with Crippen LogP contribution in [-0.2, 0) is 0 Å². The molecular formula is C48H54N2. The van der Waals surface area contributed by atoms with E-state index in [2.05, 4.69) is 217 Å². The van der Waals surface area contributed by atoms with E-state index >= 15 is 0 Å². The normalized spacial score (nSPS) is 15.2. The third-order valence-electron chi connectivity index (χ3n) is 11.3. The van der Waals surface area contributed by atoms with E-state index in [1.165, 1.54) is 39.4 Å². The van der Waals surface area contributed by atoms with E-state index in [1.54, 1.807) is 0 Å². The van der Waals surface area contributed by atoms with Crippen molar-refractivity contribution in [3.05, 3.63) is 176 Å². The predicted octanol–water partition coefficient (Wildman–Crippen LogP) is 13.7. The molecule has 0 amide bonds. The number of allylic oxidation sites excluding steroid dienone is 3. The molecule has 2 nitrogen and oxygen atoms in total. The van der Waals surface area contributed by atoms with E-state index in [-0.39, 0.29) is 29.2 Å². The van der Waals surface area contributed by atoms with Crippen LogP contribution in [0.25, 0.3) is 17.2 Å². The molecule has 256 valence electrons. The number of rotatable bonds is 14. The smallest absolute Gasteiger partial charge is 0.0487 e. The number of anilines is 4. The number of hydrogen-bond donors (Lipinski definition) is 0. The summed E-state index contributed by atoms with van der Waals surface area (Å²) < 4.78 is 0. The third-order valence-corrected chi connectivity index (χ3v) is 11.3. The number of nitrogens with zero attached hydrogens (tertiary/aromatic N) is 2. The molecule has 0 radical (unpaired) electrons. The summed E-state index contributed by atoms with van der Waals surface area (Å²) in [5.74, 6) is 0.756. The molecule has 0 aliphatic heterocycles. The van der Waals surface area contributed by atoms with Crippen molar-refractivity contribution in [2.24, 2.45) is 23.2 Å². The molecule has 0 fully saturated rings. The molecule has 0 heterocycles. The fourth-order valence-electron chi connectivity index (χ4n) is 7.62. The Morgan fingerprint density at radius 1 is 0.640 bits per heavy atom. The van der Waals surface area contributed by atoms with Crippen LogP contribution >= 0.6 is 0 Å². The minimum absolute atomic E-state index is 0.187. The van der Waals surface area contributed by atoms with Crippen LogP contribution in [0.15, 0.2) is 164 Å². The lowest BCUT2D eigenvalue weighted by molar-refractivity contribution is 0.126. The van der Waals surface area contributed by atoms with Gasteiger partial charge in [-0.05, 0) is 115 Å². The van der Waals surface area contributed by atoms with Crippen molar-refractivity contribution < 1.29 is 0 Å². The van der Waals surface area contributed by atoms with Gasteiger partial charge >= 0.3 is 0 Å². The maximum absolute atomic E-state index is 4.50. The van der Waals surface area contributed by atoms with Gasteiger partial charge in [0.2, 0.25) is 0 Å². The maximum Gasteiger partial charge on any atom is 0.0487 e. The average molecular weight is 659 g/mol. The molecule has 2 heteroatoms. The second-order valence-electron chi connectivity index (χ2n) is 13.9. The molecule has 5 aromatic rings. The standard InChI is InChI=1S/C48H54N2/c1-10-40-28-30-41(31-29-40)42-32-33-47(35(4)34-42)50(45-26-20-15-21-27-45)46(11-2)36(5)37(6)48(9,12-3)38(7)39(8)49(43-22-16-13-17-23-43)44-24-18-14-19-25-44/h10-34,36-39H,1,3H2,2,4-9H3/b46-11-/t36-,37-,38+,39+,48?/m1/s1. The van der Waals surface area contributed by atoms with Crippen molar-refractivity contribution in [2.45, 2.75) is 54.5 Å². The topological polar surface area (TPSA) is 6.48 Å². The largest absolute Gasteiger partial charge is 0.338 e. The molecule has 5 rings (SSSR count). The van der Waals surface area contributed by atoms with Crippen LogP contribution in [0.2, 0.25) is 0 Å². The highest BCUT2D eigenvalue weighted by atomic mass is 15.2. The fourth-order valence-corrected chi connectivity index (χ4v) is 7.62. The summed E-state index contributed by atoms with van der Waals surface area (Å²) in [5, 5.41) is 0. The molecule has 0 saturated carbocycles. The van der Waals surface area contributed by atoms with Crippen LogP contribution in [0.5, 0.6) is 0 Å². The fraction of sp³-hybridized carbons (Fsp3) is 0.250. The van der Waals surface area contributed by atoms with Crippen LogP contribution < -0.4 is 9.80 Å². The van der Waals surface area contributed by atoms with Gasteiger partial charge in [0, 0.05) is 34.5 Å². The lowest BCUT2D eigenvalue weighted by Crippen LogP contribution is -2.46. The monoisotopic (exact) mass is 658 g/mol. The molecule has 0 saturated heterocycles. The zero-order valence-corrected chi connectivity index (χ0v) is 31.1. The Hall–Kier alpha value is -5.08. The van der Waals surface area contributed by atoms with Crippen LogP contribution in [0.4, 0.5) is 22.7 Å². The molecule has 0 N–H and O–H groups in total. The average Bonchev–Trinajstić information content (AvgIpc) is 3.17. The van der Waals surface area contributed by atoms with Crippen molar-refractivity contribution in [3.63, 3.8) is 0 Å². The molecular weight excluding hydrogens is 605 g/mol. The summed E-state index contributed by atoms with van der Waals surface area (Å²) in [6, 6.07) is 48.0. The second kappa shape index (κ2) is 16.1. The van der Waals surface area contributed by atoms with Gasteiger partial charge in [-0.1, -0.05) is 137 Å². The Balaban J connectivity index is 1.51. The molecule has 0 aromatic heterocycles. The van der Waals surface area contributed by atoms with Gasteiger partial charge in [-0.25, -0.2) is 0 Å². The van der Waals surface area contributed by atoms with Crippen LogP contribution in [-0.4, -0.2) is 6.04 Å². The van der Waals surface area contributed by atoms with Crippen molar-refractivity contribution in [1.82, 2.24) is 0 Å². The van der Waals surface area contributed by atoms with Gasteiger partial charge in [0.25, 0.3) is 0 Å². The Bertz CT molecular complexity index is 1830. The van der Waals surface area contributed by atoms with Gasteiger partial charge in [0.1, 0.15) is 0 Å². The summed E-state index contributed by atoms with van der Waals surface area (Å²) >= 11 is 0. The number of hydrogen-bond acceptors (Lipinski definition) is 2. The van der Waals surface area contributed by atoms with E-state index in [4.69, 9.17) is 0 Å². The Labute approximate surface area is 302 Å². The molecule has 0 spiro atoms. The number of aryl methyl sites for hydroxylation is 1. The number of benzene rings is 5. The summed E-state index contributed by atoms with van der Waals surface area (Å²) in [4.78, 5) is 4.96. The molecule has 0 aliphatic rings. The van der Waals surface area contributed by atoms with Crippen molar-refractivity contribution in [3.8, 4) is 11.1 Å². The molecule has 50 heavy (non-hydrogen) atoms. The zero-order valence-electron chi connectivity index (χ0n) is 31.1. The lowest BCUT2D eigenvalue weighted by atomic mass is 9.62. The number of para-hydroxylation sites is 3. The van der Waals surface area contributed by atoms with Crippen LogP contribution in [0.3, 0.4) is 0 Å². The highest BCUT2D eigenvalue weighted by Gasteiger charge is 2.42. The van der Waals surface area contributed by atoms with Crippen LogP contribution in [0.1, 0.15) is 52.7 Å². The Morgan fingerprint density at radius 2 is 1.14 bits per heavy atom. The highest BCUT2D eigenvalue weighted by molar-refractivity contribution is 5.76. The van der Waals surface area contributed by atoms with Crippen molar-refractivity contribution >= 4 is 28.8 Å². The first-order valence-electron chi connectivity index (χ1n) is 18.0. The highest BCUT2D eigenvalue weighted by Crippen LogP contribution is 2.48. The first-order chi connectivity index (χ1) is 24.1. The lowest BCUT2D eigenvalue weighted by Gasteiger charge is -2.48. The quantitative estimate of drug-likeness (QED) is 0.110. The van der Waals surface area contributed by atoms with E-state index in [0.29, 0.717) is 0 Å². The zero-order chi connectivity index (χ0) is 35.8. The Kier molecular flexibility index (Phi) is 11.6. The summed E-state index contributed by atoms with van der Waals surface area (Å²) in [6.45, 7) is 24.8. The van der Waals surface area contributed by atoms with Crippen LogP contribution in [0, 0.1) is 30.1 Å². The molecule has 0 aliphatic carbocycles. The first-order valence-corrected chi connectivity index (χ1v) is 18.0. The van der Waals surface area contributed by atoms with Gasteiger partial charge < -0.3 is 9.80 Å². The minimum Gasteiger partial charge on any atom is -0.338 e. The van der Waals surface area contributed by atoms with Crippen molar-refractivity contribution in [1.29, 1.82) is 0 Å². The predicted molar refractivity (Wildman–Crippen MR) is 219 cm³/mol. The van der Waals surface area contributed by atoms with E-state index in [0.717, 1.165) is 11.3 Å². The summed E-state index contributed by atoms with van der Waals surface area (Å²) in [6.07, 6.45) is 6.42. The second-order valence-corrected chi connectivity index (χ2v) is 13.9. The van der Waals surface area contributed by atoms with E-state index < -0.39 is 0 Å². The third kappa shape index (κ3) is 7.41. The summed E-state index contributed by atoms with van der Waals surface area (Å²) in [7, 11) is 0.